The zero-order valence-electron chi connectivity index (χ0n) is 19.0. The summed E-state index contributed by atoms with van der Waals surface area (Å²) in [6, 6.07) is 13.0. The molecule has 1 saturated carbocycles. The van der Waals surface area contributed by atoms with Crippen LogP contribution in [-0.4, -0.2) is 33.2 Å². The second-order valence-corrected chi connectivity index (χ2v) is 8.95. The van der Waals surface area contributed by atoms with Crippen LogP contribution in [0.5, 0.6) is 11.5 Å². The maximum absolute atomic E-state index is 12.8. The van der Waals surface area contributed by atoms with Crippen molar-refractivity contribution in [3.8, 4) is 11.5 Å². The first-order valence-corrected chi connectivity index (χ1v) is 11.5. The van der Waals surface area contributed by atoms with E-state index in [1.165, 1.54) is 40.0 Å². The largest absolute Gasteiger partial charge is 0.493 e. The van der Waals surface area contributed by atoms with Crippen LogP contribution in [0.25, 0.3) is 0 Å². The predicted octanol–water partition coefficient (Wildman–Crippen LogP) is 3.00. The number of benzene rings is 2. The Kier molecular flexibility index (Phi) is 6.81. The van der Waals surface area contributed by atoms with Crippen LogP contribution in [0.3, 0.4) is 0 Å². The minimum Gasteiger partial charge on any atom is -0.493 e. The maximum Gasteiger partial charge on any atom is 0.223 e. The zero-order chi connectivity index (χ0) is 21.8. The Balaban J connectivity index is 1.61. The minimum atomic E-state index is 0.188. The Labute approximate surface area is 185 Å². The van der Waals surface area contributed by atoms with Crippen molar-refractivity contribution < 1.29 is 19.2 Å². The lowest BCUT2D eigenvalue weighted by atomic mass is 9.90. The molecule has 166 valence electrons. The highest BCUT2D eigenvalue weighted by Crippen LogP contribution is 2.34. The molecule has 2 aromatic rings. The Morgan fingerprint density at radius 1 is 1.10 bits per heavy atom. The number of quaternary nitrogens is 1. The highest BCUT2D eigenvalue weighted by atomic mass is 16.5. The fourth-order valence-corrected chi connectivity index (χ4v) is 5.22. The van der Waals surface area contributed by atoms with Gasteiger partial charge in [0.15, 0.2) is 11.5 Å². The molecular weight excluding hydrogens is 388 g/mol. The summed E-state index contributed by atoms with van der Waals surface area (Å²) in [7, 11) is 3.37. The maximum atomic E-state index is 12.8. The summed E-state index contributed by atoms with van der Waals surface area (Å²) in [6.07, 6.45) is 5.39. The molecule has 2 aromatic carbocycles. The molecule has 1 aliphatic carbocycles. The number of amides is 1. The van der Waals surface area contributed by atoms with Crippen molar-refractivity contribution in [2.45, 2.75) is 51.6 Å². The number of hydrogen-bond donors (Lipinski definition) is 2. The molecule has 31 heavy (non-hydrogen) atoms. The molecule has 0 saturated heterocycles. The van der Waals surface area contributed by atoms with Gasteiger partial charge in [0.1, 0.15) is 12.6 Å². The van der Waals surface area contributed by atoms with E-state index in [0.29, 0.717) is 6.54 Å². The fraction of sp³-hybridized carbons (Fsp3) is 0.500. The summed E-state index contributed by atoms with van der Waals surface area (Å²) < 4.78 is 11.1. The van der Waals surface area contributed by atoms with Crippen LogP contribution in [0, 0.1) is 12.8 Å². The van der Waals surface area contributed by atoms with Crippen molar-refractivity contribution >= 4 is 5.91 Å². The Morgan fingerprint density at radius 3 is 2.52 bits per heavy atom. The molecule has 1 unspecified atom stereocenters. The molecule has 0 radical (unpaired) electrons. The monoisotopic (exact) mass is 423 g/mol. The summed E-state index contributed by atoms with van der Waals surface area (Å²) in [6.45, 7) is 4.81. The van der Waals surface area contributed by atoms with Crippen molar-refractivity contribution in [1.82, 2.24) is 5.32 Å². The number of carbonyl (C=O) groups excluding carboxylic acids is 1. The number of ether oxygens (including phenoxy) is 2. The van der Waals surface area contributed by atoms with E-state index in [-0.39, 0.29) is 17.9 Å². The molecule has 0 spiro atoms. The molecule has 1 aliphatic heterocycles. The van der Waals surface area contributed by atoms with E-state index in [1.807, 2.05) is 0 Å². The predicted molar refractivity (Wildman–Crippen MR) is 122 cm³/mol. The highest BCUT2D eigenvalue weighted by molar-refractivity contribution is 5.78. The Morgan fingerprint density at radius 2 is 1.81 bits per heavy atom. The summed E-state index contributed by atoms with van der Waals surface area (Å²) in [5, 5.41) is 3.30. The van der Waals surface area contributed by atoms with E-state index < -0.39 is 0 Å². The molecule has 4 rings (SSSR count). The Bertz CT molecular complexity index is 921. The van der Waals surface area contributed by atoms with Gasteiger partial charge in [0.25, 0.3) is 0 Å². The lowest BCUT2D eigenvalue weighted by molar-refractivity contribution is -0.945. The van der Waals surface area contributed by atoms with Gasteiger partial charge in [-0.3, -0.25) is 4.79 Å². The summed E-state index contributed by atoms with van der Waals surface area (Å²) in [5.74, 6) is 1.94. The summed E-state index contributed by atoms with van der Waals surface area (Å²) >= 11 is 0. The van der Waals surface area contributed by atoms with Crippen LogP contribution in [-0.2, 0) is 17.8 Å². The quantitative estimate of drug-likeness (QED) is 0.720. The van der Waals surface area contributed by atoms with Gasteiger partial charge in [-0.1, -0.05) is 37.1 Å². The van der Waals surface area contributed by atoms with Crippen molar-refractivity contribution in [2.75, 3.05) is 27.3 Å². The SMILES string of the molecule is COc1cc2c(cc1OC)[C@@H](CNC(=O)C1CCCC1)[NH+](Cc1ccccc1C)CC2. The van der Waals surface area contributed by atoms with Gasteiger partial charge in [-0.05, 0) is 43.0 Å². The lowest BCUT2D eigenvalue weighted by Crippen LogP contribution is -3.12. The molecule has 2 N–H and O–H groups in total. The second-order valence-electron chi connectivity index (χ2n) is 8.95. The highest BCUT2D eigenvalue weighted by Gasteiger charge is 2.34. The third-order valence-electron chi connectivity index (χ3n) is 7.11. The van der Waals surface area contributed by atoms with E-state index in [4.69, 9.17) is 9.47 Å². The van der Waals surface area contributed by atoms with Gasteiger partial charge in [0, 0.05) is 23.5 Å². The number of aryl methyl sites for hydroxylation is 1. The van der Waals surface area contributed by atoms with Crippen molar-refractivity contribution in [2.24, 2.45) is 5.92 Å². The van der Waals surface area contributed by atoms with E-state index in [9.17, 15) is 4.79 Å². The van der Waals surface area contributed by atoms with Gasteiger partial charge in [-0.25, -0.2) is 0 Å². The third kappa shape index (κ3) is 4.72. The minimum absolute atomic E-state index is 0.188. The molecule has 5 heteroatoms. The molecule has 1 amide bonds. The molecular formula is C26H35N2O3+. The molecule has 2 aliphatic rings. The normalized spacial score (nSPS) is 20.9. The van der Waals surface area contributed by atoms with Gasteiger partial charge < -0.3 is 19.7 Å². The number of fused-ring (bicyclic) bond motifs is 1. The number of hydrogen-bond acceptors (Lipinski definition) is 3. The van der Waals surface area contributed by atoms with Crippen LogP contribution in [0.1, 0.15) is 54.0 Å². The molecule has 1 heterocycles. The van der Waals surface area contributed by atoms with Crippen LogP contribution in [0.4, 0.5) is 0 Å². The molecule has 0 aromatic heterocycles. The first-order chi connectivity index (χ1) is 15.1. The van der Waals surface area contributed by atoms with Crippen LogP contribution < -0.4 is 19.7 Å². The lowest BCUT2D eigenvalue weighted by Gasteiger charge is -2.35. The second kappa shape index (κ2) is 9.73. The van der Waals surface area contributed by atoms with Crippen molar-refractivity contribution in [3.63, 3.8) is 0 Å². The first-order valence-electron chi connectivity index (χ1n) is 11.5. The average molecular weight is 424 g/mol. The number of carbonyl (C=O) groups is 1. The van der Waals surface area contributed by atoms with E-state index in [0.717, 1.165) is 43.9 Å². The summed E-state index contributed by atoms with van der Waals surface area (Å²) in [4.78, 5) is 14.3. The molecule has 1 fully saturated rings. The molecule has 2 atom stereocenters. The number of nitrogens with one attached hydrogen (secondary N) is 2. The van der Waals surface area contributed by atoms with Gasteiger partial charge in [-0.2, -0.15) is 0 Å². The van der Waals surface area contributed by atoms with E-state index >= 15 is 0 Å². The molecule has 0 bridgehead atoms. The summed E-state index contributed by atoms with van der Waals surface area (Å²) in [5.41, 5.74) is 5.25. The van der Waals surface area contributed by atoms with Crippen molar-refractivity contribution in [3.05, 3.63) is 58.7 Å². The molecule has 5 nitrogen and oxygen atoms in total. The number of methoxy groups -OCH3 is 2. The first kappa shape index (κ1) is 21.7. The van der Waals surface area contributed by atoms with Crippen LogP contribution >= 0.6 is 0 Å². The Hall–Kier alpha value is -2.53. The fourth-order valence-electron chi connectivity index (χ4n) is 5.22. The van der Waals surface area contributed by atoms with Crippen LogP contribution in [0.15, 0.2) is 36.4 Å². The van der Waals surface area contributed by atoms with Gasteiger partial charge in [-0.15, -0.1) is 0 Å². The third-order valence-corrected chi connectivity index (χ3v) is 7.11. The van der Waals surface area contributed by atoms with Gasteiger partial charge in [0.2, 0.25) is 5.91 Å². The van der Waals surface area contributed by atoms with E-state index in [2.05, 4.69) is 48.6 Å². The van der Waals surface area contributed by atoms with Crippen molar-refractivity contribution in [1.29, 1.82) is 0 Å². The smallest absolute Gasteiger partial charge is 0.223 e. The van der Waals surface area contributed by atoms with Gasteiger partial charge >= 0.3 is 0 Å². The topological polar surface area (TPSA) is 52.0 Å². The van der Waals surface area contributed by atoms with E-state index in [1.54, 1.807) is 14.2 Å². The average Bonchev–Trinajstić information content (AvgIpc) is 3.33. The van der Waals surface area contributed by atoms with Gasteiger partial charge in [0.05, 0.1) is 27.3 Å². The zero-order valence-corrected chi connectivity index (χ0v) is 19.0. The standard InChI is InChI=1S/C26H34N2O3/c1-18-8-4-5-11-21(18)17-28-13-12-20-14-24(30-2)25(31-3)15-22(20)23(28)16-27-26(29)19-9-6-7-10-19/h4-5,8,11,14-15,19,23H,6-7,9-10,12-13,16-17H2,1-3H3,(H,27,29)/p+1/t23-/m1/s1. The number of rotatable bonds is 7. The van der Waals surface area contributed by atoms with Crippen LogP contribution in [0.2, 0.25) is 0 Å².